The average Bonchev–Trinajstić information content (AvgIpc) is 2.41. The van der Waals surface area contributed by atoms with Crippen LogP contribution in [0.4, 0.5) is 0 Å². The minimum absolute atomic E-state index is 0.000810. The summed E-state index contributed by atoms with van der Waals surface area (Å²) < 4.78 is 0. The Bertz CT molecular complexity index is 423. The number of nitrogens with zero attached hydrogens (tertiary/aromatic N) is 1. The van der Waals surface area contributed by atoms with Gasteiger partial charge in [0.15, 0.2) is 0 Å². The van der Waals surface area contributed by atoms with Gasteiger partial charge in [0.05, 0.1) is 0 Å². The van der Waals surface area contributed by atoms with Crippen LogP contribution < -0.4 is 5.32 Å². The van der Waals surface area contributed by atoms with Crippen molar-refractivity contribution in [2.45, 2.75) is 76.3 Å². The van der Waals surface area contributed by atoms with E-state index in [9.17, 15) is 9.59 Å². The molecule has 2 aliphatic rings. The summed E-state index contributed by atoms with van der Waals surface area (Å²) in [6.07, 6.45) is 6.55. The summed E-state index contributed by atoms with van der Waals surface area (Å²) in [6, 6.07) is -0.113. The number of amides is 2. The predicted molar refractivity (Wildman–Crippen MR) is 87.3 cm³/mol. The Balaban J connectivity index is 2.30. The average molecular weight is 312 g/mol. The van der Waals surface area contributed by atoms with Gasteiger partial charge in [0.25, 0.3) is 0 Å². The van der Waals surface area contributed by atoms with Crippen LogP contribution in [-0.2, 0) is 9.59 Å². The summed E-state index contributed by atoms with van der Waals surface area (Å²) in [4.78, 5) is 27.3. The highest BCUT2D eigenvalue weighted by molar-refractivity contribution is 7.99. The van der Waals surface area contributed by atoms with E-state index >= 15 is 0 Å². The summed E-state index contributed by atoms with van der Waals surface area (Å²) >= 11 is 1.89. The molecule has 1 aliphatic heterocycles. The van der Waals surface area contributed by atoms with Gasteiger partial charge in [0.1, 0.15) is 11.6 Å². The molecule has 3 atom stereocenters. The molecule has 5 heteroatoms. The van der Waals surface area contributed by atoms with Crippen LogP contribution >= 0.6 is 11.8 Å². The zero-order valence-corrected chi connectivity index (χ0v) is 14.6. The molecule has 0 spiro atoms. The van der Waals surface area contributed by atoms with Crippen LogP contribution in [-0.4, -0.2) is 45.8 Å². The molecule has 3 unspecified atom stereocenters. The molecular weight excluding hydrogens is 284 g/mol. The van der Waals surface area contributed by atoms with Gasteiger partial charge in [-0.1, -0.05) is 20.3 Å². The van der Waals surface area contributed by atoms with Gasteiger partial charge < -0.3 is 10.2 Å². The monoisotopic (exact) mass is 312 g/mol. The van der Waals surface area contributed by atoms with E-state index in [0.29, 0.717) is 5.25 Å². The van der Waals surface area contributed by atoms with Gasteiger partial charge in [-0.2, -0.15) is 11.8 Å². The lowest BCUT2D eigenvalue weighted by Crippen LogP contribution is -2.71. The highest BCUT2D eigenvalue weighted by Crippen LogP contribution is 2.34. The van der Waals surface area contributed by atoms with Crippen molar-refractivity contribution in [2.75, 3.05) is 6.26 Å². The van der Waals surface area contributed by atoms with E-state index in [4.69, 9.17) is 0 Å². The number of hydrogen-bond acceptors (Lipinski definition) is 3. The largest absolute Gasteiger partial charge is 0.340 e. The third kappa shape index (κ3) is 3.22. The first kappa shape index (κ1) is 16.7. The van der Waals surface area contributed by atoms with Gasteiger partial charge in [-0.25, -0.2) is 0 Å². The second-order valence-corrected chi connectivity index (χ2v) is 8.33. The smallest absolute Gasteiger partial charge is 0.248 e. The number of rotatable bonds is 3. The Kier molecular flexibility index (Phi) is 4.91. The van der Waals surface area contributed by atoms with E-state index in [1.165, 1.54) is 6.42 Å². The molecule has 2 amide bonds. The molecule has 0 aromatic heterocycles. The number of piperazine rings is 1. The Labute approximate surface area is 132 Å². The van der Waals surface area contributed by atoms with E-state index in [2.05, 4.69) is 11.6 Å². The topological polar surface area (TPSA) is 49.4 Å². The fourth-order valence-corrected chi connectivity index (χ4v) is 4.43. The van der Waals surface area contributed by atoms with E-state index < -0.39 is 5.54 Å². The maximum atomic E-state index is 12.9. The van der Waals surface area contributed by atoms with Gasteiger partial charge in [-0.3, -0.25) is 9.59 Å². The summed E-state index contributed by atoms with van der Waals surface area (Å²) in [5.41, 5.74) is -0.783. The molecule has 0 aromatic carbocycles. The van der Waals surface area contributed by atoms with E-state index in [1.54, 1.807) is 0 Å². The van der Waals surface area contributed by atoms with Crippen molar-refractivity contribution in [3.8, 4) is 0 Å². The lowest BCUT2D eigenvalue weighted by atomic mass is 9.85. The Morgan fingerprint density at radius 2 is 1.95 bits per heavy atom. The molecule has 0 aromatic rings. The van der Waals surface area contributed by atoms with Crippen LogP contribution in [0.1, 0.15) is 53.4 Å². The van der Waals surface area contributed by atoms with Crippen molar-refractivity contribution in [1.82, 2.24) is 10.2 Å². The zero-order chi connectivity index (χ0) is 15.8. The fourth-order valence-electron chi connectivity index (χ4n) is 3.61. The van der Waals surface area contributed by atoms with Crippen molar-refractivity contribution in [2.24, 2.45) is 5.92 Å². The lowest BCUT2D eigenvalue weighted by molar-refractivity contribution is -0.159. The van der Waals surface area contributed by atoms with Crippen molar-refractivity contribution in [3.63, 3.8) is 0 Å². The van der Waals surface area contributed by atoms with Crippen molar-refractivity contribution < 1.29 is 9.59 Å². The number of carbonyl (C=O) groups is 2. The second kappa shape index (κ2) is 6.19. The van der Waals surface area contributed by atoms with E-state index in [0.717, 1.165) is 19.3 Å². The van der Waals surface area contributed by atoms with Crippen molar-refractivity contribution >= 4 is 23.6 Å². The maximum Gasteiger partial charge on any atom is 0.248 e. The van der Waals surface area contributed by atoms with Crippen LogP contribution in [0.15, 0.2) is 0 Å². The number of carbonyl (C=O) groups excluding carboxylic acids is 2. The predicted octanol–water partition coefficient (Wildman–Crippen LogP) is 2.42. The van der Waals surface area contributed by atoms with Gasteiger partial charge >= 0.3 is 0 Å². The standard InChI is InChI=1S/C16H28N2O2S/c1-10(2)13-14(19)17-16(3,4)15(20)18(13)11-7-6-8-12(9-11)21-5/h10-13H,6-9H2,1-5H3,(H,17,19). The fraction of sp³-hybridized carbons (Fsp3) is 0.875. The molecule has 1 N–H and O–H groups in total. The molecule has 1 aliphatic carbocycles. The molecule has 4 nitrogen and oxygen atoms in total. The summed E-state index contributed by atoms with van der Waals surface area (Å²) in [6.45, 7) is 7.67. The first-order chi connectivity index (χ1) is 9.77. The number of thioether (sulfide) groups is 1. The van der Waals surface area contributed by atoms with E-state index in [-0.39, 0.29) is 29.8 Å². The molecule has 1 saturated carbocycles. The van der Waals surface area contributed by atoms with Crippen LogP contribution in [0.25, 0.3) is 0 Å². The first-order valence-corrected chi connectivity index (χ1v) is 9.24. The Morgan fingerprint density at radius 3 is 2.52 bits per heavy atom. The SMILES string of the molecule is CSC1CCCC(N2C(=O)C(C)(C)NC(=O)C2C(C)C)C1. The first-order valence-electron chi connectivity index (χ1n) is 7.95. The quantitative estimate of drug-likeness (QED) is 0.871. The highest BCUT2D eigenvalue weighted by atomic mass is 32.2. The Hall–Kier alpha value is -0.710. The van der Waals surface area contributed by atoms with Gasteiger partial charge in [0, 0.05) is 11.3 Å². The van der Waals surface area contributed by atoms with Crippen LogP contribution in [0.3, 0.4) is 0 Å². The summed E-state index contributed by atoms with van der Waals surface area (Å²) in [5, 5.41) is 3.50. The number of nitrogens with one attached hydrogen (secondary N) is 1. The molecule has 120 valence electrons. The normalized spacial score (nSPS) is 33.2. The molecule has 0 radical (unpaired) electrons. The highest BCUT2D eigenvalue weighted by Gasteiger charge is 2.49. The third-order valence-electron chi connectivity index (χ3n) is 4.73. The van der Waals surface area contributed by atoms with Crippen molar-refractivity contribution in [1.29, 1.82) is 0 Å². The van der Waals surface area contributed by atoms with Gasteiger partial charge in [0.2, 0.25) is 11.8 Å². The second-order valence-electron chi connectivity index (χ2n) is 7.19. The molecule has 0 bridgehead atoms. The van der Waals surface area contributed by atoms with Crippen LogP contribution in [0, 0.1) is 5.92 Å². The molecular formula is C16H28N2O2S. The summed E-state index contributed by atoms with van der Waals surface area (Å²) in [5.74, 6) is 0.216. The van der Waals surface area contributed by atoms with Crippen molar-refractivity contribution in [3.05, 3.63) is 0 Å². The number of hydrogen-bond donors (Lipinski definition) is 1. The molecule has 2 fully saturated rings. The minimum atomic E-state index is -0.783. The minimum Gasteiger partial charge on any atom is -0.340 e. The van der Waals surface area contributed by atoms with Crippen LogP contribution in [0.5, 0.6) is 0 Å². The molecule has 1 heterocycles. The third-order valence-corrected chi connectivity index (χ3v) is 5.82. The molecule has 2 rings (SSSR count). The maximum absolute atomic E-state index is 12.9. The zero-order valence-electron chi connectivity index (χ0n) is 13.8. The van der Waals surface area contributed by atoms with Crippen LogP contribution in [0.2, 0.25) is 0 Å². The molecule has 21 heavy (non-hydrogen) atoms. The lowest BCUT2D eigenvalue weighted by Gasteiger charge is -2.49. The van der Waals surface area contributed by atoms with Gasteiger partial charge in [-0.05, 0) is 45.3 Å². The summed E-state index contributed by atoms with van der Waals surface area (Å²) in [7, 11) is 0. The molecule has 1 saturated heterocycles. The van der Waals surface area contributed by atoms with Gasteiger partial charge in [-0.15, -0.1) is 0 Å². The van der Waals surface area contributed by atoms with E-state index in [1.807, 2.05) is 44.4 Å². The Morgan fingerprint density at radius 1 is 1.29 bits per heavy atom.